The minimum Gasteiger partial charge on any atom is -0.465 e. The molecule has 6 nitrogen and oxygen atoms in total. The van der Waals surface area contributed by atoms with Gasteiger partial charge in [0.05, 0.1) is 18.6 Å². The molecular weight excluding hydrogens is 200 g/mol. The lowest BCUT2D eigenvalue weighted by Gasteiger charge is -2.12. The largest absolute Gasteiger partial charge is 0.465 e. The van der Waals surface area contributed by atoms with Crippen molar-refractivity contribution in [1.29, 1.82) is 0 Å². The first-order chi connectivity index (χ1) is 7.08. The van der Waals surface area contributed by atoms with E-state index in [0.717, 1.165) is 17.7 Å². The average Bonchev–Trinajstić information content (AvgIpc) is 2.86. The van der Waals surface area contributed by atoms with E-state index >= 15 is 0 Å². The molecule has 2 rings (SSSR count). The van der Waals surface area contributed by atoms with Gasteiger partial charge in [-0.25, -0.2) is 4.79 Å². The number of carbonyl (C=O) groups excluding carboxylic acids is 1. The van der Waals surface area contributed by atoms with Crippen LogP contribution in [-0.2, 0) is 4.79 Å². The van der Waals surface area contributed by atoms with Crippen molar-refractivity contribution < 1.29 is 19.8 Å². The van der Waals surface area contributed by atoms with Crippen LogP contribution in [-0.4, -0.2) is 52.3 Å². The second-order valence-corrected chi connectivity index (χ2v) is 4.14. The summed E-state index contributed by atoms with van der Waals surface area (Å²) in [6.07, 6.45) is 0.00428. The van der Waals surface area contributed by atoms with Crippen LogP contribution in [0, 0.1) is 5.92 Å². The fourth-order valence-corrected chi connectivity index (χ4v) is 1.74. The molecule has 1 saturated heterocycles. The summed E-state index contributed by atoms with van der Waals surface area (Å²) in [5.41, 5.74) is 0. The number of carboxylic acid groups (broad SMARTS) is 1. The molecule has 2 amide bonds. The van der Waals surface area contributed by atoms with Crippen molar-refractivity contribution in [3.05, 3.63) is 0 Å². The van der Waals surface area contributed by atoms with E-state index in [0.29, 0.717) is 0 Å². The second kappa shape index (κ2) is 3.69. The summed E-state index contributed by atoms with van der Waals surface area (Å²) in [4.78, 5) is 23.3. The normalized spacial score (nSPS) is 30.3. The zero-order valence-electron chi connectivity index (χ0n) is 8.22. The molecule has 6 heteroatoms. The van der Waals surface area contributed by atoms with Gasteiger partial charge in [0.2, 0.25) is 5.91 Å². The fourth-order valence-electron chi connectivity index (χ4n) is 1.74. The third-order valence-corrected chi connectivity index (χ3v) is 2.82. The molecule has 2 aliphatic rings. The quantitative estimate of drug-likeness (QED) is 0.563. The number of hydrogen-bond acceptors (Lipinski definition) is 3. The molecule has 0 unspecified atom stereocenters. The lowest BCUT2D eigenvalue weighted by molar-refractivity contribution is -0.127. The van der Waals surface area contributed by atoms with Gasteiger partial charge in [-0.1, -0.05) is 0 Å². The van der Waals surface area contributed by atoms with Crippen LogP contribution in [0.4, 0.5) is 4.79 Å². The minimum atomic E-state index is -1.09. The van der Waals surface area contributed by atoms with Gasteiger partial charge >= 0.3 is 6.09 Å². The summed E-state index contributed by atoms with van der Waals surface area (Å²) in [5, 5.41) is 21.0. The van der Waals surface area contributed by atoms with E-state index in [9.17, 15) is 14.7 Å². The Morgan fingerprint density at radius 2 is 1.93 bits per heavy atom. The van der Waals surface area contributed by atoms with Crippen molar-refractivity contribution in [3.8, 4) is 0 Å². The molecule has 1 saturated carbocycles. The maximum absolute atomic E-state index is 11.6. The highest BCUT2D eigenvalue weighted by Gasteiger charge is 2.40. The van der Waals surface area contributed by atoms with E-state index in [2.05, 4.69) is 5.32 Å². The lowest BCUT2D eigenvalue weighted by atomic mass is 10.1. The van der Waals surface area contributed by atoms with Gasteiger partial charge in [0.1, 0.15) is 0 Å². The predicted molar refractivity (Wildman–Crippen MR) is 50.3 cm³/mol. The summed E-state index contributed by atoms with van der Waals surface area (Å²) in [5.74, 6) is -0.838. The lowest BCUT2D eigenvalue weighted by Crippen LogP contribution is -2.38. The van der Waals surface area contributed by atoms with E-state index in [4.69, 9.17) is 5.11 Å². The molecule has 0 bridgehead atoms. The van der Waals surface area contributed by atoms with Crippen molar-refractivity contribution in [3.63, 3.8) is 0 Å². The van der Waals surface area contributed by atoms with Crippen LogP contribution < -0.4 is 5.32 Å². The molecule has 0 aromatic carbocycles. The third-order valence-electron chi connectivity index (χ3n) is 2.82. The van der Waals surface area contributed by atoms with Gasteiger partial charge < -0.3 is 20.4 Å². The summed E-state index contributed by atoms with van der Waals surface area (Å²) in [7, 11) is 0. The molecule has 1 heterocycles. The summed E-state index contributed by atoms with van der Waals surface area (Å²) in [6.45, 7) is 0.118. The van der Waals surface area contributed by atoms with Crippen LogP contribution in [0.3, 0.4) is 0 Å². The van der Waals surface area contributed by atoms with Gasteiger partial charge in [-0.15, -0.1) is 0 Å². The van der Waals surface area contributed by atoms with Gasteiger partial charge in [-0.05, 0) is 12.8 Å². The van der Waals surface area contributed by atoms with Crippen LogP contribution in [0.15, 0.2) is 0 Å². The molecule has 0 aromatic rings. The Balaban J connectivity index is 1.91. The number of amides is 2. The molecule has 0 radical (unpaired) electrons. The average molecular weight is 214 g/mol. The van der Waals surface area contributed by atoms with Crippen LogP contribution >= 0.6 is 0 Å². The monoisotopic (exact) mass is 214 g/mol. The molecule has 1 aliphatic carbocycles. The molecule has 0 aromatic heterocycles. The predicted octanol–water partition coefficient (Wildman–Crippen LogP) is -0.764. The van der Waals surface area contributed by atoms with Crippen molar-refractivity contribution >= 4 is 12.0 Å². The zero-order chi connectivity index (χ0) is 11.0. The van der Waals surface area contributed by atoms with E-state index in [1.807, 2.05) is 0 Å². The van der Waals surface area contributed by atoms with Crippen LogP contribution in [0.25, 0.3) is 0 Å². The maximum Gasteiger partial charge on any atom is 0.407 e. The molecule has 2 atom stereocenters. The number of β-amino-alcohol motifs (C(OH)–C–C–N with tert-alkyl or cyclic N) is 1. The summed E-state index contributed by atoms with van der Waals surface area (Å²) < 4.78 is 0. The Hall–Kier alpha value is -1.30. The van der Waals surface area contributed by atoms with E-state index in [-0.39, 0.29) is 25.0 Å². The standard InChI is InChI=1S/C9H14N2O4/c12-7-4-11(9(14)15)3-6(7)8(13)10-5-1-2-5/h5-7,12H,1-4H2,(H,10,13)(H,14,15)/t6-,7-/m1/s1. The minimum absolute atomic E-state index is 0.0259. The van der Waals surface area contributed by atoms with Gasteiger partial charge in [-0.3, -0.25) is 4.79 Å². The van der Waals surface area contributed by atoms with Gasteiger partial charge in [0.15, 0.2) is 0 Å². The highest BCUT2D eigenvalue weighted by molar-refractivity contribution is 5.81. The molecule has 15 heavy (non-hydrogen) atoms. The van der Waals surface area contributed by atoms with E-state index in [1.165, 1.54) is 0 Å². The molecule has 1 aliphatic heterocycles. The molecule has 84 valence electrons. The van der Waals surface area contributed by atoms with Crippen molar-refractivity contribution in [2.45, 2.75) is 25.0 Å². The number of aliphatic hydroxyl groups is 1. The first-order valence-electron chi connectivity index (χ1n) is 5.04. The SMILES string of the molecule is O=C(NC1CC1)[C@@H]1CN(C(=O)O)C[C@H]1O. The van der Waals surface area contributed by atoms with Gasteiger partial charge in [0, 0.05) is 12.6 Å². The van der Waals surface area contributed by atoms with Crippen LogP contribution in [0.5, 0.6) is 0 Å². The van der Waals surface area contributed by atoms with E-state index < -0.39 is 18.1 Å². The number of likely N-dealkylation sites (tertiary alicyclic amines) is 1. The number of aliphatic hydroxyl groups excluding tert-OH is 1. The van der Waals surface area contributed by atoms with Gasteiger partial charge in [-0.2, -0.15) is 0 Å². The zero-order valence-corrected chi connectivity index (χ0v) is 8.22. The van der Waals surface area contributed by atoms with Crippen molar-refractivity contribution in [2.75, 3.05) is 13.1 Å². The second-order valence-electron chi connectivity index (χ2n) is 4.14. The molecule has 3 N–H and O–H groups in total. The molecule has 0 spiro atoms. The Labute approximate surface area is 86.9 Å². The Morgan fingerprint density at radius 1 is 1.27 bits per heavy atom. The molecule has 2 fully saturated rings. The van der Waals surface area contributed by atoms with Crippen molar-refractivity contribution in [1.82, 2.24) is 10.2 Å². The Morgan fingerprint density at radius 3 is 2.40 bits per heavy atom. The summed E-state index contributed by atoms with van der Waals surface area (Å²) >= 11 is 0. The third kappa shape index (κ3) is 2.20. The highest BCUT2D eigenvalue weighted by Crippen LogP contribution is 2.22. The number of rotatable bonds is 2. The fraction of sp³-hybridized carbons (Fsp3) is 0.778. The first-order valence-corrected chi connectivity index (χ1v) is 5.04. The number of nitrogens with zero attached hydrogens (tertiary/aromatic N) is 1. The highest BCUT2D eigenvalue weighted by atomic mass is 16.4. The van der Waals surface area contributed by atoms with Crippen LogP contribution in [0.1, 0.15) is 12.8 Å². The summed E-state index contributed by atoms with van der Waals surface area (Å²) in [6, 6.07) is 0.239. The number of nitrogens with one attached hydrogen (secondary N) is 1. The smallest absolute Gasteiger partial charge is 0.407 e. The topological polar surface area (TPSA) is 89.9 Å². The van der Waals surface area contributed by atoms with Crippen LogP contribution in [0.2, 0.25) is 0 Å². The van der Waals surface area contributed by atoms with Crippen molar-refractivity contribution in [2.24, 2.45) is 5.92 Å². The van der Waals surface area contributed by atoms with Gasteiger partial charge in [0.25, 0.3) is 0 Å². The maximum atomic E-state index is 11.6. The van der Waals surface area contributed by atoms with E-state index in [1.54, 1.807) is 0 Å². The molecular formula is C9H14N2O4. The Bertz CT molecular complexity index is 290. The number of carbonyl (C=O) groups is 2. The Kier molecular flexibility index (Phi) is 2.52. The number of hydrogen-bond donors (Lipinski definition) is 3. The first kappa shape index (κ1) is 10.2.